The van der Waals surface area contributed by atoms with Gasteiger partial charge in [0, 0.05) is 34.1 Å². The molecule has 18 nitrogen and oxygen atoms in total. The molecule has 1 aromatic heterocycles. The Bertz CT molecular complexity index is 2010. The number of aromatic hydroxyl groups is 2. The number of amides is 3. The Morgan fingerprint density at radius 2 is 1.74 bits per heavy atom. The zero-order valence-corrected chi connectivity index (χ0v) is 33.4. The van der Waals surface area contributed by atoms with Gasteiger partial charge in [0.2, 0.25) is 6.10 Å². The molecule has 2 aliphatic heterocycles. The lowest BCUT2D eigenvalue weighted by Crippen LogP contribution is -2.71. The number of β-lactam (4-membered cyclic amide) rings is 1. The Morgan fingerprint density at radius 1 is 1.10 bits per heavy atom. The van der Waals surface area contributed by atoms with Crippen molar-refractivity contribution in [1.29, 1.82) is 0 Å². The van der Waals surface area contributed by atoms with Crippen LogP contribution in [0.3, 0.4) is 0 Å². The van der Waals surface area contributed by atoms with Crippen molar-refractivity contribution in [2.45, 2.75) is 74.5 Å². The molecular weight excluding hydrogens is 861 g/mol. The second-order valence-electron chi connectivity index (χ2n) is 13.1. The lowest BCUT2D eigenvalue weighted by molar-refractivity contribution is -0.192. The molecule has 1 saturated heterocycles. The number of halogens is 4. The second-order valence-corrected chi connectivity index (χ2v) is 16.8. The first-order valence-electron chi connectivity index (χ1n) is 16.9. The van der Waals surface area contributed by atoms with Gasteiger partial charge in [-0.1, -0.05) is 30.6 Å². The predicted molar refractivity (Wildman–Crippen MR) is 205 cm³/mol. The van der Waals surface area contributed by atoms with Gasteiger partial charge in [-0.2, -0.15) is 24.9 Å². The van der Waals surface area contributed by atoms with Crippen molar-refractivity contribution in [3.05, 3.63) is 45.1 Å². The summed E-state index contributed by atoms with van der Waals surface area (Å²) in [4.78, 5) is 82.8. The molecule has 3 amide bonds. The highest BCUT2D eigenvalue weighted by Gasteiger charge is 2.54. The van der Waals surface area contributed by atoms with Crippen molar-refractivity contribution in [3.63, 3.8) is 0 Å². The number of nitrogens with zero attached hydrogens (tertiary/aromatic N) is 3. The fourth-order valence-electron chi connectivity index (χ4n) is 5.75. The predicted octanol–water partition coefficient (Wildman–Crippen LogP) is 3.47. The molecule has 316 valence electrons. The van der Waals surface area contributed by atoms with Crippen LogP contribution in [-0.4, -0.2) is 123 Å². The summed E-state index contributed by atoms with van der Waals surface area (Å²) in [6.07, 6.45) is -3.63. The number of carbonyl (C=O) groups excluding carboxylic acids is 3. The van der Waals surface area contributed by atoms with Gasteiger partial charge in [-0.3, -0.25) is 19.3 Å². The number of nitrogen functional groups attached to an aromatic ring is 1. The summed E-state index contributed by atoms with van der Waals surface area (Å²) < 4.78 is 31.7. The van der Waals surface area contributed by atoms with E-state index in [-0.39, 0.29) is 44.1 Å². The average Bonchev–Trinajstić information content (AvgIpc) is 3.58. The van der Waals surface area contributed by atoms with Crippen LogP contribution in [0.1, 0.15) is 55.6 Å². The van der Waals surface area contributed by atoms with E-state index in [0.29, 0.717) is 29.9 Å². The van der Waals surface area contributed by atoms with Crippen LogP contribution >= 0.6 is 46.5 Å². The highest BCUT2D eigenvalue weighted by Crippen LogP contribution is 2.42. The van der Waals surface area contributed by atoms with Gasteiger partial charge in [-0.05, 0) is 43.4 Å². The van der Waals surface area contributed by atoms with Gasteiger partial charge in [0.15, 0.2) is 22.3 Å². The first-order valence-corrected chi connectivity index (χ1v) is 20.3. The van der Waals surface area contributed by atoms with Gasteiger partial charge < -0.3 is 46.7 Å². The highest BCUT2D eigenvalue weighted by atomic mass is 35.5. The van der Waals surface area contributed by atoms with E-state index in [1.165, 1.54) is 34.2 Å². The van der Waals surface area contributed by atoms with Crippen molar-refractivity contribution in [1.82, 2.24) is 20.5 Å². The van der Waals surface area contributed by atoms with Crippen molar-refractivity contribution >= 4 is 92.9 Å². The number of carboxylic acid groups (broad SMARTS) is 3. The van der Waals surface area contributed by atoms with E-state index in [1.807, 2.05) is 0 Å². The molecule has 0 radical (unpaired) electrons. The number of anilines is 1. The summed E-state index contributed by atoms with van der Waals surface area (Å²) in [6, 6.07) is 1.31. The molecule has 2 aromatic rings. The number of nitrogens with one attached hydrogen (secondary N) is 2. The molecule has 0 spiro atoms. The molecule has 1 aliphatic carbocycles. The van der Waals surface area contributed by atoms with Crippen molar-refractivity contribution in [2.75, 3.05) is 17.2 Å². The molecule has 2 fully saturated rings. The van der Waals surface area contributed by atoms with Crippen LogP contribution in [0.5, 0.6) is 11.5 Å². The maximum absolute atomic E-state index is 13.4. The number of oxime groups is 1. The number of carboxylic acids is 3. The molecule has 3 aliphatic rings. The number of thiazole rings is 1. The van der Waals surface area contributed by atoms with Crippen LogP contribution in [0.15, 0.2) is 33.9 Å². The highest BCUT2D eigenvalue weighted by molar-refractivity contribution is 8.01. The van der Waals surface area contributed by atoms with E-state index in [1.54, 1.807) is 25.6 Å². The largest absolute Gasteiger partial charge is 0.504 e. The molecule has 5 rings (SSSR count). The maximum atomic E-state index is 13.4. The number of fused-ring (bicyclic) bond motifs is 1. The van der Waals surface area contributed by atoms with Crippen LogP contribution in [0.2, 0.25) is 5.02 Å². The number of hydrogen-bond acceptors (Lipinski definition) is 15. The molecule has 1 saturated carbocycles. The third-order valence-corrected chi connectivity index (χ3v) is 12.6. The fourth-order valence-corrected chi connectivity index (χ4v) is 9.30. The first-order chi connectivity index (χ1) is 27.1. The Labute approximate surface area is 344 Å². The van der Waals surface area contributed by atoms with E-state index in [9.17, 15) is 57.6 Å². The van der Waals surface area contributed by atoms with Crippen molar-refractivity contribution in [2.24, 2.45) is 11.1 Å². The van der Waals surface area contributed by atoms with Gasteiger partial charge >= 0.3 is 24.1 Å². The minimum absolute atomic E-state index is 0.0201. The number of carbonyl (C=O) groups is 6. The maximum Gasteiger partial charge on any atom is 0.490 e. The summed E-state index contributed by atoms with van der Waals surface area (Å²) in [5.74, 6) is -8.06. The van der Waals surface area contributed by atoms with Gasteiger partial charge in [0.1, 0.15) is 22.8 Å². The van der Waals surface area contributed by atoms with E-state index in [4.69, 9.17) is 32.1 Å². The van der Waals surface area contributed by atoms with E-state index >= 15 is 0 Å². The number of phenols is 2. The normalized spacial score (nSPS) is 21.2. The van der Waals surface area contributed by atoms with E-state index in [0.717, 1.165) is 24.2 Å². The number of aromatic nitrogens is 1. The molecule has 3 atom stereocenters. The Kier molecular flexibility index (Phi) is 15.2. The molecule has 1 aromatic carbocycles. The quantitative estimate of drug-likeness (QED) is 0.0618. The third kappa shape index (κ3) is 11.0. The second kappa shape index (κ2) is 19.2. The number of hydrogen-bond donors (Lipinski definition) is 8. The number of nitrogens with two attached hydrogens (primary N) is 1. The molecular formula is C33H36ClF3N6O12S3. The number of phenolic OH excluding ortho intramolecular Hbond substituents is 2. The summed E-state index contributed by atoms with van der Waals surface area (Å²) in [7, 11) is 0. The van der Waals surface area contributed by atoms with Gasteiger partial charge in [-0.25, -0.2) is 19.4 Å². The van der Waals surface area contributed by atoms with E-state index in [2.05, 4.69) is 20.8 Å². The van der Waals surface area contributed by atoms with Crippen LogP contribution < -0.4 is 16.4 Å². The lowest BCUT2D eigenvalue weighted by atomic mass is 9.94. The van der Waals surface area contributed by atoms with Crippen LogP contribution in [0.25, 0.3) is 0 Å². The Hall–Kier alpha value is -4.94. The minimum atomic E-state index is -5.08. The standard InChI is InChI=1S/C31H35ClN6O10S3.C2HF3O2/c1-12(2)24(30(46)47)48-37-20(17-11-51-31(33)35-17)26(42)36-21-27(43)38-22(29(44)45)13(10-50-28(21)38)9-49-15-5-3-14(4-6-15)34-25(41)16-7-8-18(39)23(40)19(16)32;3-2(4,5)1(6)7/h7-8,11-12,14-15,21,24,28,39-40H,3-6,9-10H2,1-2H3,(H2,33,35)(H,34,41)(H,36,42)(H,44,45)(H,46,47);(H,6,7)/b37-20-;/t14?,15?,21-,24?,28-;/m1./s1. The molecule has 0 bridgehead atoms. The summed E-state index contributed by atoms with van der Waals surface area (Å²) >= 11 is 9.93. The number of rotatable bonds is 13. The molecule has 9 N–H and O–H groups in total. The lowest BCUT2D eigenvalue weighted by Gasteiger charge is -2.49. The SMILES string of the molecule is CC(C)C(O/N=C(\C(=O)N[C@@H]1C(=O)N2C(C(=O)O)=C(CSC3CCC(NC(=O)c4ccc(O)c(O)c4Cl)CC3)CS[C@H]12)c1csc(N)n1)C(=O)O.O=C(O)C(F)(F)F. The summed E-state index contributed by atoms with van der Waals surface area (Å²) in [6.45, 7) is 3.21. The van der Waals surface area contributed by atoms with Gasteiger partial charge in [0.25, 0.3) is 17.7 Å². The minimum Gasteiger partial charge on any atom is -0.504 e. The average molecular weight is 897 g/mol. The zero-order valence-electron chi connectivity index (χ0n) is 30.2. The molecule has 25 heteroatoms. The Morgan fingerprint density at radius 3 is 2.28 bits per heavy atom. The fraction of sp³-hybridized carbons (Fsp3) is 0.455. The molecule has 58 heavy (non-hydrogen) atoms. The smallest absolute Gasteiger partial charge is 0.490 e. The molecule has 1 unspecified atom stereocenters. The summed E-state index contributed by atoms with van der Waals surface area (Å²) in [5, 5.41) is 56.2. The number of benzene rings is 1. The van der Waals surface area contributed by atoms with Gasteiger partial charge in [-0.15, -0.1) is 23.1 Å². The topological polar surface area (TPSA) is 291 Å². The Balaban J connectivity index is 0.000000973. The molecule has 3 heterocycles. The van der Waals surface area contributed by atoms with Gasteiger partial charge in [0.05, 0.1) is 10.6 Å². The number of aliphatic carboxylic acids is 3. The summed E-state index contributed by atoms with van der Waals surface area (Å²) in [5.41, 5.74) is 5.87. The third-order valence-electron chi connectivity index (χ3n) is 8.71. The van der Waals surface area contributed by atoms with Crippen LogP contribution in [-0.2, 0) is 28.8 Å². The van der Waals surface area contributed by atoms with E-state index < -0.39 is 76.7 Å². The van der Waals surface area contributed by atoms with Crippen molar-refractivity contribution < 1.29 is 72.3 Å². The first kappa shape index (κ1) is 45.8. The number of alkyl halides is 3. The van der Waals surface area contributed by atoms with Crippen LogP contribution in [0, 0.1) is 5.92 Å². The van der Waals surface area contributed by atoms with Crippen molar-refractivity contribution in [3.8, 4) is 11.5 Å². The number of thioether (sulfide) groups is 2. The monoisotopic (exact) mass is 896 g/mol. The zero-order chi connectivity index (χ0) is 43.2. The van der Waals surface area contributed by atoms with Crippen LogP contribution in [0.4, 0.5) is 18.3 Å².